The molecule has 0 spiro atoms. The molecule has 2 aromatic carbocycles. The maximum absolute atomic E-state index is 12.9. The number of carbonyl (C=O) groups is 3. The first-order chi connectivity index (χ1) is 14.1. The van der Waals surface area contributed by atoms with Gasteiger partial charge in [-0.25, -0.2) is 0 Å². The number of rotatable bonds is 5. The molecule has 2 aliphatic rings. The van der Waals surface area contributed by atoms with Gasteiger partial charge in [0.2, 0.25) is 0 Å². The Morgan fingerprint density at radius 2 is 1.76 bits per heavy atom. The normalized spacial score (nSPS) is 16.7. The molecule has 1 aliphatic carbocycles. The average molecular weight is 392 g/mol. The van der Waals surface area contributed by atoms with Gasteiger partial charge in [-0.2, -0.15) is 0 Å². The number of hydrogen-bond donors (Lipinski definition) is 1. The fraction of sp³-hybridized carbons (Fsp3) is 0.348. The van der Waals surface area contributed by atoms with Crippen molar-refractivity contribution in [3.63, 3.8) is 0 Å². The van der Waals surface area contributed by atoms with E-state index in [1.165, 1.54) is 4.90 Å². The molecule has 0 saturated heterocycles. The Morgan fingerprint density at radius 1 is 1.03 bits per heavy atom. The second kappa shape index (κ2) is 8.07. The summed E-state index contributed by atoms with van der Waals surface area (Å²) < 4.78 is 5.52. The fourth-order valence-electron chi connectivity index (χ4n) is 4.14. The van der Waals surface area contributed by atoms with Crippen LogP contribution >= 0.6 is 0 Å². The minimum Gasteiger partial charge on any atom is -0.493 e. The molecule has 1 N–H and O–H groups in total. The van der Waals surface area contributed by atoms with Crippen LogP contribution in [0.3, 0.4) is 0 Å². The Morgan fingerprint density at radius 3 is 2.52 bits per heavy atom. The molecule has 0 unspecified atom stereocenters. The van der Waals surface area contributed by atoms with Gasteiger partial charge in [0, 0.05) is 11.7 Å². The predicted octanol–water partition coefficient (Wildman–Crippen LogP) is 4.27. The number of nitrogens with zero attached hydrogens (tertiary/aromatic N) is 1. The van der Waals surface area contributed by atoms with Crippen molar-refractivity contribution in [2.24, 2.45) is 0 Å². The maximum Gasteiger partial charge on any atom is 0.261 e. The van der Waals surface area contributed by atoms with Crippen LogP contribution in [0.15, 0.2) is 42.5 Å². The Kier molecular flexibility index (Phi) is 5.34. The highest BCUT2D eigenvalue weighted by Gasteiger charge is 2.40. The molecule has 0 aromatic heterocycles. The lowest BCUT2D eigenvalue weighted by atomic mass is 9.94. The van der Waals surface area contributed by atoms with Crippen molar-refractivity contribution in [1.29, 1.82) is 0 Å². The average Bonchev–Trinajstić information content (AvgIpc) is 2.99. The molecule has 2 aromatic rings. The number of imide groups is 1. The molecular formula is C23H24N2O4. The van der Waals surface area contributed by atoms with Crippen LogP contribution in [0.2, 0.25) is 0 Å². The number of hydrogen-bond acceptors (Lipinski definition) is 4. The second-order valence-electron chi connectivity index (χ2n) is 7.42. The van der Waals surface area contributed by atoms with E-state index in [0.717, 1.165) is 32.1 Å². The highest BCUT2D eigenvalue weighted by atomic mass is 16.5. The van der Waals surface area contributed by atoms with Gasteiger partial charge in [-0.05, 0) is 50.1 Å². The number of fused-ring (bicyclic) bond motifs is 1. The number of amides is 3. The fourth-order valence-corrected chi connectivity index (χ4v) is 4.14. The van der Waals surface area contributed by atoms with Crippen LogP contribution in [0.5, 0.6) is 5.75 Å². The zero-order chi connectivity index (χ0) is 20.4. The van der Waals surface area contributed by atoms with Gasteiger partial charge in [0.05, 0.1) is 23.3 Å². The summed E-state index contributed by atoms with van der Waals surface area (Å²) in [7, 11) is 0. The van der Waals surface area contributed by atoms with Crippen molar-refractivity contribution in [3.05, 3.63) is 59.2 Å². The molecule has 3 amide bonds. The first-order valence-corrected chi connectivity index (χ1v) is 10.1. The minimum atomic E-state index is -0.324. The minimum absolute atomic E-state index is 0.0211. The van der Waals surface area contributed by atoms with Crippen LogP contribution in [0, 0.1) is 0 Å². The molecular weight excluding hydrogens is 368 g/mol. The third kappa shape index (κ3) is 3.62. The lowest BCUT2D eigenvalue weighted by Gasteiger charge is -2.29. The molecule has 6 nitrogen and oxygen atoms in total. The molecule has 1 aliphatic heterocycles. The SMILES string of the molecule is CCOc1ccccc1C(=O)Nc1ccc2c(c1)C(=O)N(C1CCCCC1)C2=O. The van der Waals surface area contributed by atoms with Crippen LogP contribution in [0.1, 0.15) is 70.1 Å². The molecule has 1 fully saturated rings. The van der Waals surface area contributed by atoms with E-state index in [-0.39, 0.29) is 23.8 Å². The number of benzene rings is 2. The van der Waals surface area contributed by atoms with E-state index in [0.29, 0.717) is 34.7 Å². The van der Waals surface area contributed by atoms with Crippen LogP contribution < -0.4 is 10.1 Å². The largest absolute Gasteiger partial charge is 0.493 e. The Labute approximate surface area is 169 Å². The Bertz CT molecular complexity index is 963. The highest BCUT2D eigenvalue weighted by molar-refractivity contribution is 6.22. The third-order valence-electron chi connectivity index (χ3n) is 5.55. The van der Waals surface area contributed by atoms with E-state index >= 15 is 0 Å². The summed E-state index contributed by atoms with van der Waals surface area (Å²) in [5, 5.41) is 2.82. The molecule has 0 atom stereocenters. The summed E-state index contributed by atoms with van der Waals surface area (Å²) in [5.41, 5.74) is 1.66. The van der Waals surface area contributed by atoms with Gasteiger partial charge in [0.1, 0.15) is 5.75 Å². The summed E-state index contributed by atoms with van der Waals surface area (Å²) in [4.78, 5) is 39.8. The first kappa shape index (κ1) is 19.2. The van der Waals surface area contributed by atoms with E-state index < -0.39 is 0 Å². The molecule has 0 bridgehead atoms. The van der Waals surface area contributed by atoms with E-state index in [9.17, 15) is 14.4 Å². The van der Waals surface area contributed by atoms with Gasteiger partial charge >= 0.3 is 0 Å². The van der Waals surface area contributed by atoms with Gasteiger partial charge in [-0.3, -0.25) is 19.3 Å². The first-order valence-electron chi connectivity index (χ1n) is 10.1. The van der Waals surface area contributed by atoms with Crippen LogP contribution in [-0.2, 0) is 0 Å². The molecule has 29 heavy (non-hydrogen) atoms. The molecule has 1 saturated carbocycles. The lowest BCUT2D eigenvalue weighted by Crippen LogP contribution is -2.40. The van der Waals surface area contributed by atoms with Gasteiger partial charge in [-0.1, -0.05) is 31.4 Å². The molecule has 0 radical (unpaired) electrons. The quantitative estimate of drug-likeness (QED) is 0.771. The van der Waals surface area contributed by atoms with Gasteiger partial charge in [-0.15, -0.1) is 0 Å². The van der Waals surface area contributed by atoms with Crippen LogP contribution in [-0.4, -0.2) is 35.3 Å². The summed E-state index contributed by atoms with van der Waals surface area (Å²) in [6.07, 6.45) is 4.96. The zero-order valence-electron chi connectivity index (χ0n) is 16.4. The van der Waals surface area contributed by atoms with Gasteiger partial charge in [0.15, 0.2) is 0 Å². The van der Waals surface area contributed by atoms with Crippen molar-refractivity contribution in [1.82, 2.24) is 4.90 Å². The number of nitrogens with one attached hydrogen (secondary N) is 1. The summed E-state index contributed by atoms with van der Waals surface area (Å²) in [5.74, 6) is -0.308. The zero-order valence-corrected chi connectivity index (χ0v) is 16.4. The Hall–Kier alpha value is -3.15. The van der Waals surface area contributed by atoms with Crippen molar-refractivity contribution < 1.29 is 19.1 Å². The van der Waals surface area contributed by atoms with E-state index in [1.54, 1.807) is 42.5 Å². The highest BCUT2D eigenvalue weighted by Crippen LogP contribution is 2.32. The third-order valence-corrected chi connectivity index (χ3v) is 5.55. The number of para-hydroxylation sites is 1. The number of ether oxygens (including phenoxy) is 1. The van der Waals surface area contributed by atoms with Crippen molar-refractivity contribution >= 4 is 23.4 Å². The topological polar surface area (TPSA) is 75.7 Å². The van der Waals surface area contributed by atoms with Crippen molar-refractivity contribution in [3.8, 4) is 5.75 Å². The van der Waals surface area contributed by atoms with Gasteiger partial charge in [0.25, 0.3) is 17.7 Å². The smallest absolute Gasteiger partial charge is 0.261 e. The van der Waals surface area contributed by atoms with Crippen LogP contribution in [0.4, 0.5) is 5.69 Å². The summed E-state index contributed by atoms with van der Waals surface area (Å²) >= 11 is 0. The Balaban J connectivity index is 1.56. The van der Waals surface area contributed by atoms with Gasteiger partial charge < -0.3 is 10.1 Å². The molecule has 4 rings (SSSR count). The number of carbonyl (C=O) groups excluding carboxylic acids is 3. The molecule has 1 heterocycles. The predicted molar refractivity (Wildman–Crippen MR) is 109 cm³/mol. The van der Waals surface area contributed by atoms with E-state index in [2.05, 4.69) is 5.32 Å². The standard InChI is InChI=1S/C23H24N2O4/c1-2-29-20-11-7-6-10-18(20)21(26)24-15-12-13-17-19(14-15)23(28)25(22(17)27)16-8-4-3-5-9-16/h6-7,10-14,16H,2-5,8-9H2,1H3,(H,24,26). The summed E-state index contributed by atoms with van der Waals surface area (Å²) in [6, 6.07) is 11.9. The van der Waals surface area contributed by atoms with E-state index in [1.807, 2.05) is 6.92 Å². The monoisotopic (exact) mass is 392 g/mol. The summed E-state index contributed by atoms with van der Waals surface area (Å²) in [6.45, 7) is 2.31. The molecule has 150 valence electrons. The molecule has 6 heteroatoms. The van der Waals surface area contributed by atoms with Crippen molar-refractivity contribution in [2.75, 3.05) is 11.9 Å². The van der Waals surface area contributed by atoms with Crippen LogP contribution in [0.25, 0.3) is 0 Å². The second-order valence-corrected chi connectivity index (χ2v) is 7.42. The lowest BCUT2D eigenvalue weighted by molar-refractivity contribution is 0.0548. The van der Waals surface area contributed by atoms with E-state index in [4.69, 9.17) is 4.74 Å². The number of anilines is 1. The van der Waals surface area contributed by atoms with Crippen molar-refractivity contribution in [2.45, 2.75) is 45.1 Å². The maximum atomic E-state index is 12.9.